The van der Waals surface area contributed by atoms with E-state index in [2.05, 4.69) is 18.3 Å². The van der Waals surface area contributed by atoms with E-state index in [1.165, 1.54) is 13.1 Å². The molecule has 18 nitrogen and oxygen atoms in total. The maximum atomic E-state index is 12.2. The molecule has 206 valence electrons. The van der Waals surface area contributed by atoms with E-state index in [0.717, 1.165) is 4.57 Å². The minimum atomic E-state index is -5.54. The highest BCUT2D eigenvalue weighted by Crippen LogP contribution is 2.61. The van der Waals surface area contributed by atoms with Crippen molar-refractivity contribution in [2.75, 3.05) is 13.2 Å². The summed E-state index contributed by atoms with van der Waals surface area (Å²) in [5.74, 6) is 0. The molecule has 2 aliphatic rings. The second-order valence-electron chi connectivity index (χ2n) is 8.03. The first-order valence-corrected chi connectivity index (χ1v) is 13.3. The van der Waals surface area contributed by atoms with Crippen LogP contribution in [0.5, 0.6) is 0 Å². The number of aromatic amines is 1. The number of phosphoric ester groups is 2. The first-order valence-electron chi connectivity index (χ1n) is 10.3. The van der Waals surface area contributed by atoms with E-state index in [1.54, 1.807) is 0 Å². The van der Waals surface area contributed by atoms with Gasteiger partial charge in [-0.25, -0.2) is 13.9 Å². The van der Waals surface area contributed by atoms with Crippen LogP contribution < -0.4 is 11.2 Å². The number of aromatic nitrogens is 2. The third-order valence-electron chi connectivity index (χ3n) is 5.35. The van der Waals surface area contributed by atoms with Crippen molar-refractivity contribution in [3.05, 3.63) is 32.6 Å². The predicted molar refractivity (Wildman–Crippen MR) is 112 cm³/mol. The molecule has 2 saturated heterocycles. The number of rotatable bonds is 9. The summed E-state index contributed by atoms with van der Waals surface area (Å²) < 4.78 is 48.8. The summed E-state index contributed by atoms with van der Waals surface area (Å²) in [5, 5.41) is 48.5. The summed E-state index contributed by atoms with van der Waals surface area (Å²) in [5.41, 5.74) is -1.27. The van der Waals surface area contributed by atoms with Gasteiger partial charge in [0, 0.05) is 18.2 Å². The molecule has 36 heavy (non-hydrogen) atoms. The summed E-state index contributed by atoms with van der Waals surface area (Å²) in [7, 11) is -10.9. The molecule has 8 N–H and O–H groups in total. The van der Waals surface area contributed by atoms with Crippen molar-refractivity contribution in [1.82, 2.24) is 9.55 Å². The molecule has 1 aromatic heterocycles. The number of phosphoric acid groups is 2. The van der Waals surface area contributed by atoms with Crippen LogP contribution >= 0.6 is 15.6 Å². The van der Waals surface area contributed by atoms with Crippen LogP contribution in [-0.4, -0.2) is 101 Å². The van der Waals surface area contributed by atoms with Crippen LogP contribution in [0.2, 0.25) is 0 Å². The zero-order valence-electron chi connectivity index (χ0n) is 18.5. The fraction of sp³-hybridized carbons (Fsp3) is 0.750. The number of nitrogens with one attached hydrogen (secondary N) is 1. The van der Waals surface area contributed by atoms with Gasteiger partial charge in [-0.1, -0.05) is 0 Å². The Balaban J connectivity index is 1.59. The van der Waals surface area contributed by atoms with Crippen molar-refractivity contribution in [2.24, 2.45) is 0 Å². The van der Waals surface area contributed by atoms with Crippen LogP contribution in [0.4, 0.5) is 0 Å². The molecule has 0 aliphatic carbocycles. The molecule has 10 atom stereocenters. The predicted octanol–water partition coefficient (Wildman–Crippen LogP) is -3.46. The standard InChI is InChI=1S/C16H26N2O16P2/c1-6-3-18(16(25)17-14(6)24)10-2-7(20)9(31-10)5-30-35(26,27)34-36(28,29)33-15-13(23)12(22)11(21)8(4-19)32-15/h3,7-13,15,19-23H,2,4-5H2,1H3,(H,26,27)(H,28,29)(H,17,24,25)/t7-,8+,9+,10+,11-,12+,13-,15+/m0/s1. The SMILES string of the molecule is Cc1cn([C@H]2C[C@H](O)[C@@H](COP(=O)(O)OP(=O)(O)O[C@H]3O[C@H](CO)[C@H](O)[C@@H](O)[C@@H]3O)O2)c(=O)[nH]c1=O. The number of hydrogen-bond donors (Lipinski definition) is 8. The number of nitrogens with zero attached hydrogens (tertiary/aromatic N) is 1. The van der Waals surface area contributed by atoms with Gasteiger partial charge in [-0.05, 0) is 6.92 Å². The van der Waals surface area contributed by atoms with Gasteiger partial charge in [0.25, 0.3) is 5.56 Å². The van der Waals surface area contributed by atoms with E-state index in [9.17, 15) is 48.9 Å². The van der Waals surface area contributed by atoms with Gasteiger partial charge in [0.1, 0.15) is 36.7 Å². The Bertz CT molecular complexity index is 1140. The maximum absolute atomic E-state index is 12.2. The first kappa shape index (κ1) is 29.2. The third-order valence-corrected chi connectivity index (χ3v) is 7.95. The van der Waals surface area contributed by atoms with Gasteiger partial charge < -0.3 is 44.8 Å². The second-order valence-corrected chi connectivity index (χ2v) is 11.0. The molecule has 0 bridgehead atoms. The maximum Gasteiger partial charge on any atom is 0.483 e. The Labute approximate surface area is 201 Å². The fourth-order valence-electron chi connectivity index (χ4n) is 3.46. The Morgan fingerprint density at radius 3 is 2.36 bits per heavy atom. The van der Waals surface area contributed by atoms with Crippen LogP contribution in [0.25, 0.3) is 0 Å². The van der Waals surface area contributed by atoms with Crippen LogP contribution in [0.3, 0.4) is 0 Å². The highest BCUT2D eigenvalue weighted by Gasteiger charge is 2.48. The molecule has 20 heteroatoms. The smallest absolute Gasteiger partial charge is 0.394 e. The molecule has 0 radical (unpaired) electrons. The lowest BCUT2D eigenvalue weighted by atomic mass is 10.00. The van der Waals surface area contributed by atoms with Gasteiger partial charge in [-0.3, -0.25) is 23.4 Å². The largest absolute Gasteiger partial charge is 0.483 e. The monoisotopic (exact) mass is 564 g/mol. The molecule has 3 heterocycles. The number of aliphatic hydroxyl groups excluding tert-OH is 5. The van der Waals surface area contributed by atoms with Crippen molar-refractivity contribution in [2.45, 2.75) is 62.5 Å². The number of aryl methyl sites for hydroxylation is 1. The molecule has 1 aromatic rings. The molecule has 0 saturated carbocycles. The van der Waals surface area contributed by atoms with Crippen molar-refractivity contribution >= 4 is 15.6 Å². The molecule has 3 rings (SSSR count). The highest BCUT2D eigenvalue weighted by atomic mass is 31.3. The number of aliphatic hydroxyl groups is 5. The normalized spacial score (nSPS) is 36.3. The van der Waals surface area contributed by atoms with E-state index in [4.69, 9.17) is 14.6 Å². The highest BCUT2D eigenvalue weighted by molar-refractivity contribution is 7.61. The fourth-order valence-corrected chi connectivity index (χ4v) is 5.62. The summed E-state index contributed by atoms with van der Waals surface area (Å²) in [4.78, 5) is 45.2. The molecular formula is C16H26N2O16P2. The van der Waals surface area contributed by atoms with Gasteiger partial charge in [0.2, 0.25) is 0 Å². The summed E-state index contributed by atoms with van der Waals surface area (Å²) >= 11 is 0. The van der Waals surface area contributed by atoms with Gasteiger partial charge in [0.05, 0.1) is 19.3 Å². The average Bonchev–Trinajstić information content (AvgIpc) is 3.14. The summed E-state index contributed by atoms with van der Waals surface area (Å²) in [6.45, 7) is -0.305. The Kier molecular flexibility index (Phi) is 9.08. The first-order chi connectivity index (χ1) is 16.6. The van der Waals surface area contributed by atoms with Crippen LogP contribution in [0, 0.1) is 6.92 Å². The minimum absolute atomic E-state index is 0.172. The average molecular weight is 564 g/mol. The molecule has 2 fully saturated rings. The second kappa shape index (κ2) is 11.2. The quantitative estimate of drug-likeness (QED) is 0.135. The Morgan fingerprint density at radius 2 is 1.72 bits per heavy atom. The van der Waals surface area contributed by atoms with Crippen LogP contribution in [0.1, 0.15) is 18.2 Å². The van der Waals surface area contributed by atoms with E-state index < -0.39 is 89.2 Å². The minimum Gasteiger partial charge on any atom is -0.394 e. The number of hydrogen-bond acceptors (Lipinski definition) is 14. The Hall–Kier alpha value is -1.34. The molecule has 2 unspecified atom stereocenters. The van der Waals surface area contributed by atoms with E-state index in [-0.39, 0.29) is 12.0 Å². The molecule has 0 spiro atoms. The van der Waals surface area contributed by atoms with E-state index in [0.29, 0.717) is 0 Å². The number of H-pyrrole nitrogens is 1. The van der Waals surface area contributed by atoms with E-state index >= 15 is 0 Å². The zero-order valence-corrected chi connectivity index (χ0v) is 20.3. The molecule has 0 aromatic carbocycles. The third kappa shape index (κ3) is 6.75. The zero-order chi connectivity index (χ0) is 27.0. The molecule has 0 amide bonds. The van der Waals surface area contributed by atoms with Gasteiger partial charge in [-0.2, -0.15) is 4.31 Å². The molecular weight excluding hydrogens is 538 g/mol. The van der Waals surface area contributed by atoms with Gasteiger partial charge in [-0.15, -0.1) is 0 Å². The molecule has 2 aliphatic heterocycles. The van der Waals surface area contributed by atoms with Crippen molar-refractivity contribution < 1.29 is 67.3 Å². The lowest BCUT2D eigenvalue weighted by molar-refractivity contribution is -0.280. The lowest BCUT2D eigenvalue weighted by Gasteiger charge is -2.39. The van der Waals surface area contributed by atoms with Gasteiger partial charge >= 0.3 is 21.3 Å². The van der Waals surface area contributed by atoms with Gasteiger partial charge in [0.15, 0.2) is 6.29 Å². The number of ether oxygens (including phenoxy) is 2. The van der Waals surface area contributed by atoms with Crippen molar-refractivity contribution in [1.29, 1.82) is 0 Å². The summed E-state index contributed by atoms with van der Waals surface area (Å²) in [6, 6.07) is 0. The summed E-state index contributed by atoms with van der Waals surface area (Å²) in [6.07, 6.45) is -12.2. The topological polar surface area (TPSA) is 277 Å². The van der Waals surface area contributed by atoms with E-state index in [1.807, 2.05) is 0 Å². The van der Waals surface area contributed by atoms with Crippen molar-refractivity contribution in [3.63, 3.8) is 0 Å². The lowest BCUT2D eigenvalue weighted by Crippen LogP contribution is -2.58. The van der Waals surface area contributed by atoms with Crippen LogP contribution in [0.15, 0.2) is 15.8 Å². The Morgan fingerprint density at radius 1 is 1.06 bits per heavy atom. The van der Waals surface area contributed by atoms with Crippen molar-refractivity contribution in [3.8, 4) is 0 Å². The van der Waals surface area contributed by atoms with Crippen LogP contribution in [-0.2, 0) is 32.0 Å².